The third-order valence-electron chi connectivity index (χ3n) is 2.07. The van der Waals surface area contributed by atoms with Crippen LogP contribution in [0.15, 0.2) is 43.0 Å². The van der Waals surface area contributed by atoms with E-state index in [1.54, 1.807) is 6.08 Å². The van der Waals surface area contributed by atoms with Gasteiger partial charge < -0.3 is 9.47 Å². The van der Waals surface area contributed by atoms with Gasteiger partial charge in [0.1, 0.15) is 6.10 Å². The van der Waals surface area contributed by atoms with Gasteiger partial charge in [-0.15, -0.1) is 0 Å². The Kier molecular flexibility index (Phi) is 2.43. The van der Waals surface area contributed by atoms with E-state index >= 15 is 0 Å². The first-order valence-electron chi connectivity index (χ1n) is 4.34. The lowest BCUT2D eigenvalue weighted by Gasteiger charge is -2.07. The summed E-state index contributed by atoms with van der Waals surface area (Å²) in [5.41, 5.74) is 1.16. The lowest BCUT2D eigenvalue weighted by atomic mass is 10.1. The third-order valence-corrected chi connectivity index (χ3v) is 2.07. The van der Waals surface area contributed by atoms with Crippen molar-refractivity contribution < 1.29 is 9.47 Å². The van der Waals surface area contributed by atoms with Gasteiger partial charge in [0.15, 0.2) is 6.29 Å². The van der Waals surface area contributed by atoms with Gasteiger partial charge in [0, 0.05) is 0 Å². The van der Waals surface area contributed by atoms with Crippen molar-refractivity contribution in [2.24, 2.45) is 0 Å². The van der Waals surface area contributed by atoms with E-state index in [2.05, 4.69) is 6.58 Å². The van der Waals surface area contributed by atoms with Crippen LogP contribution in [0.1, 0.15) is 11.7 Å². The summed E-state index contributed by atoms with van der Waals surface area (Å²) < 4.78 is 10.9. The molecule has 1 aliphatic heterocycles. The molecule has 2 nitrogen and oxygen atoms in total. The van der Waals surface area contributed by atoms with E-state index < -0.39 is 0 Å². The number of hydrogen-bond acceptors (Lipinski definition) is 2. The minimum Gasteiger partial charge on any atom is -0.346 e. The SMILES string of the molecule is C=CC1OCC(c2ccccc2)O1. The van der Waals surface area contributed by atoms with Crippen molar-refractivity contribution in [3.8, 4) is 0 Å². The zero-order valence-electron chi connectivity index (χ0n) is 7.35. The first kappa shape index (κ1) is 8.48. The predicted octanol–water partition coefficient (Wildman–Crippen LogP) is 2.29. The average Bonchev–Trinajstić information content (AvgIpc) is 2.67. The fourth-order valence-corrected chi connectivity index (χ4v) is 1.39. The molecule has 13 heavy (non-hydrogen) atoms. The molecule has 68 valence electrons. The lowest BCUT2D eigenvalue weighted by molar-refractivity contribution is -0.0197. The number of ether oxygens (including phenoxy) is 2. The van der Waals surface area contributed by atoms with Crippen LogP contribution in [-0.4, -0.2) is 12.9 Å². The minimum atomic E-state index is -0.245. The van der Waals surface area contributed by atoms with Gasteiger partial charge in [-0.1, -0.05) is 36.9 Å². The summed E-state index contributed by atoms with van der Waals surface area (Å²) in [4.78, 5) is 0. The summed E-state index contributed by atoms with van der Waals surface area (Å²) in [6.07, 6.45) is 1.48. The zero-order valence-corrected chi connectivity index (χ0v) is 7.35. The molecule has 0 amide bonds. The molecular weight excluding hydrogens is 164 g/mol. The summed E-state index contributed by atoms with van der Waals surface area (Å²) in [6.45, 7) is 4.23. The Morgan fingerprint density at radius 2 is 2.08 bits per heavy atom. The summed E-state index contributed by atoms with van der Waals surface area (Å²) in [7, 11) is 0. The van der Waals surface area contributed by atoms with Crippen molar-refractivity contribution in [3.63, 3.8) is 0 Å². The van der Waals surface area contributed by atoms with Crippen molar-refractivity contribution >= 4 is 0 Å². The molecule has 0 N–H and O–H groups in total. The summed E-state index contributed by atoms with van der Waals surface area (Å²) >= 11 is 0. The van der Waals surface area contributed by atoms with E-state index in [0.29, 0.717) is 6.61 Å². The molecule has 0 aromatic heterocycles. The Bertz CT molecular complexity index is 281. The van der Waals surface area contributed by atoms with Crippen molar-refractivity contribution in [2.75, 3.05) is 6.61 Å². The van der Waals surface area contributed by atoms with Crippen molar-refractivity contribution in [2.45, 2.75) is 12.4 Å². The molecule has 1 saturated heterocycles. The van der Waals surface area contributed by atoms with E-state index in [1.807, 2.05) is 30.3 Å². The maximum Gasteiger partial charge on any atom is 0.177 e. The number of hydrogen-bond donors (Lipinski definition) is 0. The first-order valence-corrected chi connectivity index (χ1v) is 4.34. The van der Waals surface area contributed by atoms with Crippen molar-refractivity contribution in [1.82, 2.24) is 0 Å². The molecule has 2 heteroatoms. The summed E-state index contributed by atoms with van der Waals surface area (Å²) in [5, 5.41) is 0. The highest BCUT2D eigenvalue weighted by molar-refractivity contribution is 5.18. The van der Waals surface area contributed by atoms with Crippen LogP contribution in [0.5, 0.6) is 0 Å². The first-order chi connectivity index (χ1) is 6.40. The monoisotopic (exact) mass is 176 g/mol. The highest BCUT2D eigenvalue weighted by atomic mass is 16.7. The van der Waals surface area contributed by atoms with Crippen LogP contribution >= 0.6 is 0 Å². The van der Waals surface area contributed by atoms with Crippen molar-refractivity contribution in [3.05, 3.63) is 48.6 Å². The molecule has 2 atom stereocenters. The van der Waals surface area contributed by atoms with Crippen LogP contribution in [0, 0.1) is 0 Å². The van der Waals surface area contributed by atoms with Crippen molar-refractivity contribution in [1.29, 1.82) is 0 Å². The molecule has 1 heterocycles. The Hall–Kier alpha value is -1.12. The molecule has 1 aliphatic rings. The van der Waals surface area contributed by atoms with Gasteiger partial charge in [0.05, 0.1) is 6.61 Å². The smallest absolute Gasteiger partial charge is 0.177 e. The topological polar surface area (TPSA) is 18.5 Å². The Balaban J connectivity index is 2.08. The lowest BCUT2D eigenvalue weighted by Crippen LogP contribution is -2.03. The van der Waals surface area contributed by atoms with E-state index in [-0.39, 0.29) is 12.4 Å². The Morgan fingerprint density at radius 3 is 2.69 bits per heavy atom. The average molecular weight is 176 g/mol. The van der Waals surface area contributed by atoms with Crippen LogP contribution in [0.3, 0.4) is 0 Å². The maximum absolute atomic E-state index is 5.56. The molecule has 1 fully saturated rings. The van der Waals surface area contributed by atoms with E-state index in [9.17, 15) is 0 Å². The highest BCUT2D eigenvalue weighted by Gasteiger charge is 2.24. The van der Waals surface area contributed by atoms with Gasteiger partial charge in [-0.05, 0) is 11.6 Å². The summed E-state index contributed by atoms with van der Waals surface area (Å²) in [6, 6.07) is 10.1. The second kappa shape index (κ2) is 3.73. The van der Waals surface area contributed by atoms with Crippen LogP contribution in [0.2, 0.25) is 0 Å². The molecule has 0 radical (unpaired) electrons. The van der Waals surface area contributed by atoms with Crippen LogP contribution < -0.4 is 0 Å². The zero-order chi connectivity index (χ0) is 9.10. The predicted molar refractivity (Wildman–Crippen MR) is 50.2 cm³/mol. The van der Waals surface area contributed by atoms with Gasteiger partial charge in [-0.2, -0.15) is 0 Å². The molecule has 0 saturated carbocycles. The van der Waals surface area contributed by atoms with E-state index in [4.69, 9.17) is 9.47 Å². The molecule has 0 bridgehead atoms. The number of rotatable bonds is 2. The molecule has 1 aromatic carbocycles. The van der Waals surface area contributed by atoms with Gasteiger partial charge in [-0.3, -0.25) is 0 Å². The van der Waals surface area contributed by atoms with Gasteiger partial charge in [0.25, 0.3) is 0 Å². The Labute approximate surface area is 77.8 Å². The molecule has 2 unspecified atom stereocenters. The quantitative estimate of drug-likeness (QED) is 0.643. The van der Waals surface area contributed by atoms with Crippen LogP contribution in [-0.2, 0) is 9.47 Å². The van der Waals surface area contributed by atoms with Gasteiger partial charge >= 0.3 is 0 Å². The molecule has 2 rings (SSSR count). The normalized spacial score (nSPS) is 27.4. The maximum atomic E-state index is 5.56. The summed E-state index contributed by atoms with van der Waals surface area (Å²) in [5.74, 6) is 0. The fourth-order valence-electron chi connectivity index (χ4n) is 1.39. The van der Waals surface area contributed by atoms with Crippen LogP contribution in [0.4, 0.5) is 0 Å². The minimum absolute atomic E-state index is 0.0594. The molecule has 1 aromatic rings. The molecule has 0 spiro atoms. The fraction of sp³-hybridized carbons (Fsp3) is 0.273. The molecule has 0 aliphatic carbocycles. The largest absolute Gasteiger partial charge is 0.346 e. The third kappa shape index (κ3) is 1.79. The standard InChI is InChI=1S/C11H12O2/c1-2-11-12-8-10(13-11)9-6-4-3-5-7-9/h2-7,10-11H,1,8H2. The number of benzene rings is 1. The van der Waals surface area contributed by atoms with E-state index in [0.717, 1.165) is 5.56 Å². The van der Waals surface area contributed by atoms with Gasteiger partial charge in [0.2, 0.25) is 0 Å². The molecular formula is C11H12O2. The second-order valence-electron chi connectivity index (χ2n) is 2.97. The Morgan fingerprint density at radius 1 is 1.31 bits per heavy atom. The van der Waals surface area contributed by atoms with Crippen LogP contribution in [0.25, 0.3) is 0 Å². The van der Waals surface area contributed by atoms with Gasteiger partial charge in [-0.25, -0.2) is 0 Å². The van der Waals surface area contributed by atoms with E-state index in [1.165, 1.54) is 0 Å². The second-order valence-corrected chi connectivity index (χ2v) is 2.97. The highest BCUT2D eigenvalue weighted by Crippen LogP contribution is 2.26.